The van der Waals surface area contributed by atoms with Gasteiger partial charge in [-0.3, -0.25) is 4.79 Å². The molecule has 11 heteroatoms. The number of phenolic OH excluding ortho intramolecular Hbond substituents is 1. The smallest absolute Gasteiger partial charge is 0.343 e. The molecule has 0 saturated carbocycles. The summed E-state index contributed by atoms with van der Waals surface area (Å²) < 4.78 is 26.7. The highest BCUT2D eigenvalue weighted by Crippen LogP contribution is 2.42. The number of aryl methyl sites for hydroxylation is 1. The quantitative estimate of drug-likeness (QED) is 0.301. The van der Waals surface area contributed by atoms with Crippen LogP contribution in [0.3, 0.4) is 0 Å². The lowest BCUT2D eigenvalue weighted by Crippen LogP contribution is -2.13. The number of phenols is 1. The van der Waals surface area contributed by atoms with Gasteiger partial charge in [0, 0.05) is 11.6 Å². The predicted molar refractivity (Wildman–Crippen MR) is 132 cm³/mol. The summed E-state index contributed by atoms with van der Waals surface area (Å²) in [5, 5.41) is 20.6. The van der Waals surface area contributed by atoms with Crippen LogP contribution in [0, 0.1) is 6.92 Å². The summed E-state index contributed by atoms with van der Waals surface area (Å²) in [6.45, 7) is 1.19. The number of rotatable bonds is 8. The topological polar surface area (TPSA) is 153 Å². The number of aromatic nitrogens is 2. The maximum Gasteiger partial charge on any atom is 0.343 e. The van der Waals surface area contributed by atoms with Gasteiger partial charge < -0.3 is 38.6 Å². The SMILES string of the molecule is COC(=O)COc1c(OC)cccc1-c1nc(-c2ccc(O)c(OC)c2)c(-c2oc(C)cc(=O)c2O)[nH]1. The van der Waals surface area contributed by atoms with Gasteiger partial charge in [-0.1, -0.05) is 6.07 Å². The van der Waals surface area contributed by atoms with Crippen molar-refractivity contribution in [1.29, 1.82) is 0 Å². The highest BCUT2D eigenvalue weighted by Gasteiger charge is 2.25. The highest BCUT2D eigenvalue weighted by molar-refractivity contribution is 5.83. The van der Waals surface area contributed by atoms with Gasteiger partial charge in [-0.2, -0.15) is 0 Å². The number of carbonyl (C=O) groups is 1. The summed E-state index contributed by atoms with van der Waals surface area (Å²) in [6, 6.07) is 10.8. The summed E-state index contributed by atoms with van der Waals surface area (Å²) in [7, 11) is 4.10. The number of hydrogen-bond acceptors (Lipinski definition) is 10. The van der Waals surface area contributed by atoms with E-state index in [1.165, 1.54) is 33.5 Å². The fourth-order valence-electron chi connectivity index (χ4n) is 3.67. The van der Waals surface area contributed by atoms with Gasteiger partial charge in [0.1, 0.15) is 23.0 Å². The van der Waals surface area contributed by atoms with Gasteiger partial charge in [0.2, 0.25) is 11.2 Å². The molecule has 0 bridgehead atoms. The first-order valence-corrected chi connectivity index (χ1v) is 11.0. The number of imidazole rings is 1. The summed E-state index contributed by atoms with van der Waals surface area (Å²) in [6.07, 6.45) is 0. The van der Waals surface area contributed by atoms with Crippen molar-refractivity contribution in [2.24, 2.45) is 0 Å². The molecule has 11 nitrogen and oxygen atoms in total. The van der Waals surface area contributed by atoms with Crippen LogP contribution >= 0.6 is 0 Å². The van der Waals surface area contributed by atoms with Gasteiger partial charge in [-0.25, -0.2) is 9.78 Å². The van der Waals surface area contributed by atoms with Gasteiger partial charge in [-0.15, -0.1) is 0 Å². The average Bonchev–Trinajstić information content (AvgIpc) is 3.34. The number of methoxy groups -OCH3 is 3. The molecular formula is C26H24N2O9. The minimum Gasteiger partial charge on any atom is -0.504 e. The van der Waals surface area contributed by atoms with Crippen LogP contribution < -0.4 is 19.6 Å². The maximum absolute atomic E-state index is 12.3. The number of nitrogens with one attached hydrogen (secondary N) is 1. The number of benzene rings is 2. The van der Waals surface area contributed by atoms with Crippen molar-refractivity contribution in [3.8, 4) is 62.8 Å². The molecule has 3 N–H and O–H groups in total. The second-order valence-electron chi connectivity index (χ2n) is 7.80. The van der Waals surface area contributed by atoms with Crippen molar-refractivity contribution in [1.82, 2.24) is 9.97 Å². The molecule has 0 radical (unpaired) electrons. The van der Waals surface area contributed by atoms with Gasteiger partial charge in [0.25, 0.3) is 0 Å². The minimum atomic E-state index is -0.632. The van der Waals surface area contributed by atoms with E-state index in [1.54, 1.807) is 37.3 Å². The van der Waals surface area contributed by atoms with Gasteiger partial charge in [-0.05, 0) is 37.3 Å². The van der Waals surface area contributed by atoms with Crippen molar-refractivity contribution in [2.45, 2.75) is 6.92 Å². The van der Waals surface area contributed by atoms with Gasteiger partial charge >= 0.3 is 5.97 Å². The zero-order chi connectivity index (χ0) is 26.7. The lowest BCUT2D eigenvalue weighted by molar-refractivity contribution is -0.142. The van der Waals surface area contributed by atoms with E-state index >= 15 is 0 Å². The van der Waals surface area contributed by atoms with E-state index in [-0.39, 0.29) is 52.6 Å². The molecule has 0 aliphatic heterocycles. The Morgan fingerprint density at radius 2 is 1.81 bits per heavy atom. The summed E-state index contributed by atoms with van der Waals surface area (Å²) >= 11 is 0. The van der Waals surface area contributed by atoms with Crippen LogP contribution in [0.15, 0.2) is 51.7 Å². The zero-order valence-corrected chi connectivity index (χ0v) is 20.4. The van der Waals surface area contributed by atoms with Crippen molar-refractivity contribution < 1.29 is 38.4 Å². The maximum atomic E-state index is 12.3. The summed E-state index contributed by atoms with van der Waals surface area (Å²) in [5.74, 6) is -0.179. The van der Waals surface area contributed by atoms with Crippen LogP contribution in [0.1, 0.15) is 5.76 Å². The number of esters is 1. The van der Waals surface area contributed by atoms with Crippen molar-refractivity contribution >= 4 is 5.97 Å². The number of nitrogens with zero attached hydrogens (tertiary/aromatic N) is 1. The molecule has 4 rings (SSSR count). The molecule has 2 aromatic heterocycles. The van der Waals surface area contributed by atoms with E-state index < -0.39 is 17.1 Å². The Balaban J connectivity index is 1.97. The number of carbonyl (C=O) groups excluding carboxylic acids is 1. The Bertz CT molecular complexity index is 1520. The van der Waals surface area contributed by atoms with Crippen LogP contribution in [0.2, 0.25) is 0 Å². The molecule has 2 heterocycles. The monoisotopic (exact) mass is 508 g/mol. The number of H-pyrrole nitrogens is 1. The normalized spacial score (nSPS) is 10.7. The first-order chi connectivity index (χ1) is 17.8. The van der Waals surface area contributed by atoms with Crippen LogP contribution in [0.5, 0.6) is 28.7 Å². The number of hydrogen-bond donors (Lipinski definition) is 3. The lowest BCUT2D eigenvalue weighted by Gasteiger charge is -2.13. The molecule has 0 fully saturated rings. The number of para-hydroxylation sites is 1. The Morgan fingerprint density at radius 1 is 1.05 bits per heavy atom. The molecule has 4 aromatic rings. The van der Waals surface area contributed by atoms with Crippen LogP contribution in [0.25, 0.3) is 34.1 Å². The van der Waals surface area contributed by atoms with Gasteiger partial charge in [0.05, 0.1) is 26.9 Å². The number of ether oxygens (including phenoxy) is 4. The molecule has 0 amide bonds. The molecule has 0 saturated heterocycles. The number of aromatic amines is 1. The van der Waals surface area contributed by atoms with E-state index in [1.807, 2.05) is 0 Å². The standard InChI is InChI=1S/C26H24N2O9/c1-13-10-17(30)23(32)25(37-13)22-21(14-8-9-16(29)19(11-14)34-3)27-26(28-22)15-6-5-7-18(33-2)24(15)36-12-20(31)35-4/h5-11,29,32H,12H2,1-4H3,(H,27,28). The lowest BCUT2D eigenvalue weighted by atomic mass is 10.1. The average molecular weight is 508 g/mol. The molecule has 192 valence electrons. The Labute approximate surface area is 210 Å². The highest BCUT2D eigenvalue weighted by atomic mass is 16.6. The fraction of sp³-hybridized carbons (Fsp3) is 0.192. The van der Waals surface area contributed by atoms with E-state index in [0.29, 0.717) is 16.9 Å². The summed E-state index contributed by atoms with van der Waals surface area (Å²) in [4.78, 5) is 31.9. The molecular weight excluding hydrogens is 484 g/mol. The van der Waals surface area contributed by atoms with Gasteiger partial charge in [0.15, 0.2) is 35.4 Å². The molecule has 37 heavy (non-hydrogen) atoms. The van der Waals surface area contributed by atoms with E-state index in [9.17, 15) is 19.8 Å². The first-order valence-electron chi connectivity index (χ1n) is 11.0. The van der Waals surface area contributed by atoms with Crippen molar-refractivity contribution in [2.75, 3.05) is 27.9 Å². The minimum absolute atomic E-state index is 0.0835. The van der Waals surface area contributed by atoms with E-state index in [0.717, 1.165) is 0 Å². The van der Waals surface area contributed by atoms with Crippen molar-refractivity contribution in [3.05, 3.63) is 58.4 Å². The zero-order valence-electron chi connectivity index (χ0n) is 20.4. The third-order valence-corrected chi connectivity index (χ3v) is 5.45. The van der Waals surface area contributed by atoms with Crippen LogP contribution in [-0.4, -0.2) is 54.1 Å². The molecule has 0 spiro atoms. The first kappa shape index (κ1) is 25.2. The Morgan fingerprint density at radius 3 is 2.51 bits per heavy atom. The Kier molecular flexibility index (Phi) is 7.05. The molecule has 0 aliphatic rings. The second kappa shape index (κ2) is 10.4. The largest absolute Gasteiger partial charge is 0.504 e. The molecule has 2 aromatic carbocycles. The third-order valence-electron chi connectivity index (χ3n) is 5.45. The molecule has 0 unspecified atom stereocenters. The third kappa shape index (κ3) is 4.92. The molecule has 0 atom stereocenters. The molecule has 0 aliphatic carbocycles. The van der Waals surface area contributed by atoms with E-state index in [2.05, 4.69) is 9.72 Å². The number of aromatic hydroxyl groups is 2. The fourth-order valence-corrected chi connectivity index (χ4v) is 3.67. The Hall–Kier alpha value is -4.93. The van der Waals surface area contributed by atoms with Crippen LogP contribution in [0.4, 0.5) is 0 Å². The van der Waals surface area contributed by atoms with E-state index in [4.69, 9.17) is 23.6 Å². The summed E-state index contributed by atoms with van der Waals surface area (Å²) in [5.41, 5.74) is 0.723. The van der Waals surface area contributed by atoms with Crippen molar-refractivity contribution in [3.63, 3.8) is 0 Å². The predicted octanol–water partition coefficient (Wildman–Crippen LogP) is 3.65. The second-order valence-corrected chi connectivity index (χ2v) is 7.80. The van der Waals surface area contributed by atoms with Crippen LogP contribution in [-0.2, 0) is 9.53 Å².